The van der Waals surface area contributed by atoms with Gasteiger partial charge in [-0.3, -0.25) is 0 Å². The third-order valence-electron chi connectivity index (χ3n) is 2.39. The zero-order chi connectivity index (χ0) is 12.5. The van der Waals surface area contributed by atoms with Gasteiger partial charge in [-0.05, 0) is 37.1 Å². The largest absolute Gasteiger partial charge is 0.490 e. The predicted octanol–water partition coefficient (Wildman–Crippen LogP) is 3.39. The summed E-state index contributed by atoms with van der Waals surface area (Å²) >= 11 is 0. The molecule has 0 saturated heterocycles. The average molecular weight is 233 g/mol. The van der Waals surface area contributed by atoms with Gasteiger partial charge in [-0.25, -0.2) is 0 Å². The lowest BCUT2D eigenvalue weighted by Crippen LogP contribution is -2.18. The first-order valence-electron chi connectivity index (χ1n) is 6.26. The van der Waals surface area contributed by atoms with Crippen molar-refractivity contribution in [3.8, 4) is 5.75 Å². The normalized spacial score (nSPS) is 11.3. The molecule has 1 N–H and O–H groups in total. The van der Waals surface area contributed by atoms with Crippen LogP contribution in [0.5, 0.6) is 5.75 Å². The summed E-state index contributed by atoms with van der Waals surface area (Å²) in [6.07, 6.45) is 3.99. The third-order valence-corrected chi connectivity index (χ3v) is 2.39. The first kappa shape index (κ1) is 13.8. The van der Waals surface area contributed by atoms with E-state index in [1.54, 1.807) is 0 Å². The summed E-state index contributed by atoms with van der Waals surface area (Å²) in [6.45, 7) is 9.04. The van der Waals surface area contributed by atoms with E-state index in [1.807, 2.05) is 31.2 Å². The molecule has 0 amide bonds. The van der Waals surface area contributed by atoms with Crippen molar-refractivity contribution >= 4 is 0 Å². The van der Waals surface area contributed by atoms with Gasteiger partial charge in [0, 0.05) is 6.54 Å². The molecule has 2 nitrogen and oxygen atoms in total. The molecule has 0 spiro atoms. The maximum Gasteiger partial charge on any atom is 0.119 e. The van der Waals surface area contributed by atoms with Crippen molar-refractivity contribution in [1.29, 1.82) is 0 Å². The molecule has 0 bridgehead atoms. The Morgan fingerprint density at radius 3 is 2.53 bits per heavy atom. The van der Waals surface area contributed by atoms with Crippen molar-refractivity contribution in [2.24, 2.45) is 5.92 Å². The first-order valence-corrected chi connectivity index (χ1v) is 6.26. The number of hydrogen-bond acceptors (Lipinski definition) is 2. The van der Waals surface area contributed by atoms with Gasteiger partial charge >= 0.3 is 0 Å². The Morgan fingerprint density at radius 2 is 1.94 bits per heavy atom. The molecule has 1 aromatic carbocycles. The minimum atomic E-state index is 0.640. The summed E-state index contributed by atoms with van der Waals surface area (Å²) in [5.41, 5.74) is 1.30. The van der Waals surface area contributed by atoms with Crippen LogP contribution < -0.4 is 10.1 Å². The maximum absolute atomic E-state index is 5.54. The number of allylic oxidation sites excluding steroid dienone is 1. The molecule has 0 heterocycles. The van der Waals surface area contributed by atoms with Crippen molar-refractivity contribution in [3.05, 3.63) is 42.0 Å². The topological polar surface area (TPSA) is 21.3 Å². The van der Waals surface area contributed by atoms with Crippen LogP contribution in [0.15, 0.2) is 36.4 Å². The lowest BCUT2D eigenvalue weighted by Gasteiger charge is -2.08. The molecule has 0 aliphatic heterocycles. The summed E-state index contributed by atoms with van der Waals surface area (Å²) in [6, 6.07) is 8.27. The van der Waals surface area contributed by atoms with Crippen LogP contribution in [0.4, 0.5) is 0 Å². The van der Waals surface area contributed by atoms with Crippen molar-refractivity contribution in [1.82, 2.24) is 5.32 Å². The van der Waals surface area contributed by atoms with E-state index in [2.05, 4.69) is 31.3 Å². The summed E-state index contributed by atoms with van der Waals surface area (Å²) in [5, 5.41) is 3.42. The van der Waals surface area contributed by atoms with Crippen LogP contribution in [-0.2, 0) is 6.54 Å². The van der Waals surface area contributed by atoms with Gasteiger partial charge in [0.15, 0.2) is 0 Å². The van der Waals surface area contributed by atoms with Crippen LogP contribution in [-0.4, -0.2) is 13.2 Å². The lowest BCUT2D eigenvalue weighted by atomic mass is 10.2. The third kappa shape index (κ3) is 6.12. The molecule has 0 radical (unpaired) electrons. The standard InChI is InChI=1S/C15H23NO/c1-4-5-10-17-15-8-6-14(7-9-15)12-16-11-13(2)3/h4-9,13,16H,10-12H2,1-3H3. The highest BCUT2D eigenvalue weighted by Crippen LogP contribution is 2.12. The van der Waals surface area contributed by atoms with Crippen molar-refractivity contribution < 1.29 is 4.74 Å². The Balaban J connectivity index is 2.34. The number of rotatable bonds is 7. The highest BCUT2D eigenvalue weighted by atomic mass is 16.5. The monoisotopic (exact) mass is 233 g/mol. The Labute approximate surface area is 105 Å². The number of benzene rings is 1. The molecule has 17 heavy (non-hydrogen) atoms. The van der Waals surface area contributed by atoms with E-state index in [-0.39, 0.29) is 0 Å². The quantitative estimate of drug-likeness (QED) is 0.729. The van der Waals surface area contributed by atoms with Crippen molar-refractivity contribution in [2.45, 2.75) is 27.3 Å². The van der Waals surface area contributed by atoms with Gasteiger partial charge < -0.3 is 10.1 Å². The predicted molar refractivity (Wildman–Crippen MR) is 73.3 cm³/mol. The van der Waals surface area contributed by atoms with E-state index in [4.69, 9.17) is 4.74 Å². The molecule has 0 aliphatic carbocycles. The molecule has 2 heteroatoms. The second-order valence-corrected chi connectivity index (χ2v) is 4.55. The highest BCUT2D eigenvalue weighted by Gasteiger charge is 1.96. The average Bonchev–Trinajstić information content (AvgIpc) is 2.31. The summed E-state index contributed by atoms with van der Waals surface area (Å²) in [7, 11) is 0. The molecule has 0 fully saturated rings. The summed E-state index contributed by atoms with van der Waals surface area (Å²) in [4.78, 5) is 0. The van der Waals surface area contributed by atoms with Gasteiger partial charge in [0.2, 0.25) is 0 Å². The zero-order valence-electron chi connectivity index (χ0n) is 11.1. The molecule has 0 aliphatic rings. The lowest BCUT2D eigenvalue weighted by molar-refractivity contribution is 0.362. The fourth-order valence-corrected chi connectivity index (χ4v) is 1.45. The van der Waals surface area contributed by atoms with E-state index in [1.165, 1.54) is 5.56 Å². The first-order chi connectivity index (χ1) is 8.22. The number of hydrogen-bond donors (Lipinski definition) is 1. The van der Waals surface area contributed by atoms with E-state index in [0.29, 0.717) is 12.5 Å². The summed E-state index contributed by atoms with van der Waals surface area (Å²) in [5.74, 6) is 1.62. The van der Waals surface area contributed by atoms with Crippen LogP contribution in [0.25, 0.3) is 0 Å². The number of ether oxygens (including phenoxy) is 1. The van der Waals surface area contributed by atoms with Crippen LogP contribution in [0.1, 0.15) is 26.3 Å². The van der Waals surface area contributed by atoms with Crippen LogP contribution >= 0.6 is 0 Å². The molecule has 1 rings (SSSR count). The van der Waals surface area contributed by atoms with E-state index in [0.717, 1.165) is 18.8 Å². The van der Waals surface area contributed by atoms with Crippen molar-refractivity contribution in [3.63, 3.8) is 0 Å². The minimum absolute atomic E-state index is 0.640. The van der Waals surface area contributed by atoms with Gasteiger partial charge in [-0.1, -0.05) is 38.1 Å². The Hall–Kier alpha value is -1.28. The molecule has 0 aromatic heterocycles. The molecule has 0 saturated carbocycles. The molecule has 0 atom stereocenters. The molecular weight excluding hydrogens is 210 g/mol. The number of nitrogens with one attached hydrogen (secondary N) is 1. The highest BCUT2D eigenvalue weighted by molar-refractivity contribution is 5.27. The minimum Gasteiger partial charge on any atom is -0.490 e. The Bertz CT molecular complexity index is 327. The molecular formula is C15H23NO. The molecule has 94 valence electrons. The zero-order valence-corrected chi connectivity index (χ0v) is 11.1. The van der Waals surface area contributed by atoms with Crippen LogP contribution in [0.3, 0.4) is 0 Å². The van der Waals surface area contributed by atoms with E-state index < -0.39 is 0 Å². The summed E-state index contributed by atoms with van der Waals surface area (Å²) < 4.78 is 5.54. The van der Waals surface area contributed by atoms with Gasteiger partial charge in [-0.15, -0.1) is 0 Å². The van der Waals surface area contributed by atoms with Gasteiger partial charge in [0.25, 0.3) is 0 Å². The fraction of sp³-hybridized carbons (Fsp3) is 0.467. The maximum atomic E-state index is 5.54. The second-order valence-electron chi connectivity index (χ2n) is 4.55. The van der Waals surface area contributed by atoms with Crippen molar-refractivity contribution in [2.75, 3.05) is 13.2 Å². The van der Waals surface area contributed by atoms with Gasteiger partial charge in [0.05, 0.1) is 0 Å². The molecule has 0 unspecified atom stereocenters. The Morgan fingerprint density at radius 1 is 1.24 bits per heavy atom. The second kappa shape index (κ2) is 7.91. The van der Waals surface area contributed by atoms with Crippen LogP contribution in [0.2, 0.25) is 0 Å². The van der Waals surface area contributed by atoms with E-state index >= 15 is 0 Å². The van der Waals surface area contributed by atoms with E-state index in [9.17, 15) is 0 Å². The van der Waals surface area contributed by atoms with Gasteiger partial charge in [0.1, 0.15) is 12.4 Å². The van der Waals surface area contributed by atoms with Gasteiger partial charge in [-0.2, -0.15) is 0 Å². The van der Waals surface area contributed by atoms with Crippen LogP contribution in [0, 0.1) is 5.92 Å². The smallest absolute Gasteiger partial charge is 0.119 e. The Kier molecular flexibility index (Phi) is 6.41. The fourth-order valence-electron chi connectivity index (χ4n) is 1.45. The molecule has 1 aromatic rings. The SMILES string of the molecule is CC=CCOc1ccc(CNCC(C)C)cc1.